The summed E-state index contributed by atoms with van der Waals surface area (Å²) in [4.78, 5) is 23.4. The topological polar surface area (TPSA) is 83.6 Å². The highest BCUT2D eigenvalue weighted by molar-refractivity contribution is 8.13. The zero-order valence-corrected chi connectivity index (χ0v) is 7.92. The molecule has 0 saturated carbocycles. The lowest BCUT2D eigenvalue weighted by Gasteiger charge is -2.25. The van der Waals surface area contributed by atoms with E-state index >= 15 is 0 Å². The molecule has 1 fully saturated rings. The first-order valence-corrected chi connectivity index (χ1v) is 4.99. The molecule has 0 radical (unpaired) electrons. The van der Waals surface area contributed by atoms with Crippen LogP contribution in [-0.4, -0.2) is 46.1 Å². The maximum Gasteiger partial charge on any atom is 0.288 e. The molecule has 0 aromatic carbocycles. The number of nitrogens with two attached hydrogens (primary N) is 1. The van der Waals surface area contributed by atoms with Crippen LogP contribution in [0.2, 0.25) is 0 Å². The third-order valence-corrected chi connectivity index (χ3v) is 2.60. The summed E-state index contributed by atoms with van der Waals surface area (Å²) in [5, 5.41) is 8.88. The Morgan fingerprint density at radius 2 is 2.31 bits per heavy atom. The highest BCUT2D eigenvalue weighted by atomic mass is 32.2. The van der Waals surface area contributed by atoms with Gasteiger partial charge in [0.2, 0.25) is 5.91 Å². The lowest BCUT2D eigenvalue weighted by atomic mass is 10.3. The second kappa shape index (κ2) is 4.59. The van der Waals surface area contributed by atoms with E-state index in [2.05, 4.69) is 0 Å². The smallest absolute Gasteiger partial charge is 0.288 e. The Morgan fingerprint density at radius 1 is 1.62 bits per heavy atom. The zero-order chi connectivity index (χ0) is 9.84. The number of nitrogens with zero attached hydrogens (tertiary/aromatic N) is 1. The van der Waals surface area contributed by atoms with Gasteiger partial charge in [0, 0.05) is 18.7 Å². The van der Waals surface area contributed by atoms with Gasteiger partial charge in [-0.05, 0) is 0 Å². The van der Waals surface area contributed by atoms with Crippen molar-refractivity contribution < 1.29 is 14.7 Å². The van der Waals surface area contributed by atoms with Crippen LogP contribution < -0.4 is 5.73 Å². The Bertz CT molecular complexity index is 206. The van der Waals surface area contributed by atoms with Crippen molar-refractivity contribution in [1.82, 2.24) is 4.90 Å². The summed E-state index contributed by atoms with van der Waals surface area (Å²) in [6.45, 7) is 0.0723. The van der Waals surface area contributed by atoms with Crippen LogP contribution in [0.15, 0.2) is 0 Å². The minimum absolute atomic E-state index is 0.0150. The fraction of sp³-hybridized carbons (Fsp3) is 0.714. The van der Waals surface area contributed by atoms with Gasteiger partial charge in [0.15, 0.2) is 0 Å². The van der Waals surface area contributed by atoms with Gasteiger partial charge in [-0.25, -0.2) is 0 Å². The average Bonchev–Trinajstić information content (AvgIpc) is 2.11. The predicted molar refractivity (Wildman–Crippen MR) is 49.2 cm³/mol. The molecule has 3 N–H and O–H groups in total. The van der Waals surface area contributed by atoms with E-state index in [0.717, 1.165) is 16.7 Å². The predicted octanol–water partition coefficient (Wildman–Crippen LogP) is -0.608. The van der Waals surface area contributed by atoms with Crippen molar-refractivity contribution in [1.29, 1.82) is 0 Å². The van der Waals surface area contributed by atoms with Crippen LogP contribution in [0.4, 0.5) is 4.79 Å². The number of rotatable bonds is 3. The number of imide groups is 1. The standard InChI is InChI=1S/C7H12N2O3S/c8-3-5(10)4-9-6(11)1-2-13-7(9)12/h5,10H,1-4,8H2. The van der Waals surface area contributed by atoms with E-state index in [1.54, 1.807) is 0 Å². The number of aliphatic hydroxyl groups excluding tert-OH is 1. The molecule has 6 heteroatoms. The minimum atomic E-state index is -0.813. The van der Waals surface area contributed by atoms with Crippen molar-refractivity contribution in [3.8, 4) is 0 Å². The van der Waals surface area contributed by atoms with E-state index in [0.29, 0.717) is 12.2 Å². The summed E-state index contributed by atoms with van der Waals surface area (Å²) in [6.07, 6.45) is -0.458. The van der Waals surface area contributed by atoms with Crippen LogP contribution in [0.1, 0.15) is 6.42 Å². The van der Waals surface area contributed by atoms with E-state index in [1.165, 1.54) is 0 Å². The third kappa shape index (κ3) is 2.68. The Hall–Kier alpha value is -0.590. The maximum atomic E-state index is 11.2. The summed E-state index contributed by atoms with van der Waals surface area (Å²) in [7, 11) is 0. The molecule has 1 unspecified atom stereocenters. The van der Waals surface area contributed by atoms with Gasteiger partial charge in [0.1, 0.15) is 0 Å². The van der Waals surface area contributed by atoms with Gasteiger partial charge < -0.3 is 10.8 Å². The molecule has 1 heterocycles. The first kappa shape index (κ1) is 10.5. The molecule has 5 nitrogen and oxygen atoms in total. The third-order valence-electron chi connectivity index (χ3n) is 1.73. The minimum Gasteiger partial charge on any atom is -0.390 e. The van der Waals surface area contributed by atoms with Crippen LogP contribution in [-0.2, 0) is 4.79 Å². The number of hydrogen-bond donors (Lipinski definition) is 2. The van der Waals surface area contributed by atoms with Crippen molar-refractivity contribution in [3.63, 3.8) is 0 Å². The molecule has 1 atom stereocenters. The Labute approximate surface area is 80.3 Å². The van der Waals surface area contributed by atoms with Gasteiger partial charge >= 0.3 is 0 Å². The first-order valence-electron chi connectivity index (χ1n) is 4.00. The Balaban J connectivity index is 2.54. The lowest BCUT2D eigenvalue weighted by molar-refractivity contribution is -0.128. The summed E-state index contributed by atoms with van der Waals surface area (Å²) < 4.78 is 0. The van der Waals surface area contributed by atoms with Crippen LogP contribution >= 0.6 is 11.8 Å². The zero-order valence-electron chi connectivity index (χ0n) is 7.10. The van der Waals surface area contributed by atoms with Crippen LogP contribution in [0, 0.1) is 0 Å². The van der Waals surface area contributed by atoms with E-state index < -0.39 is 6.10 Å². The highest BCUT2D eigenvalue weighted by Gasteiger charge is 2.27. The fourth-order valence-corrected chi connectivity index (χ4v) is 1.79. The van der Waals surface area contributed by atoms with Crippen molar-refractivity contribution in [3.05, 3.63) is 0 Å². The SMILES string of the molecule is NCC(O)CN1C(=O)CCSC1=O. The van der Waals surface area contributed by atoms with E-state index in [9.17, 15) is 9.59 Å². The Kier molecular flexibility index (Phi) is 3.71. The molecule has 0 spiro atoms. The summed E-state index contributed by atoms with van der Waals surface area (Å²) in [5.41, 5.74) is 5.17. The number of carbonyl (C=O) groups excluding carboxylic acids is 2. The van der Waals surface area contributed by atoms with Gasteiger partial charge in [-0.15, -0.1) is 0 Å². The molecule has 0 bridgehead atoms. The molecule has 0 aliphatic carbocycles. The number of aliphatic hydroxyl groups is 1. The number of amides is 2. The normalized spacial score (nSPS) is 20.6. The van der Waals surface area contributed by atoms with Crippen LogP contribution in [0.3, 0.4) is 0 Å². The Morgan fingerprint density at radius 3 is 2.85 bits per heavy atom. The van der Waals surface area contributed by atoms with Crippen molar-refractivity contribution >= 4 is 22.9 Å². The number of hydrogen-bond acceptors (Lipinski definition) is 5. The maximum absolute atomic E-state index is 11.2. The van der Waals surface area contributed by atoms with Gasteiger partial charge in [-0.3, -0.25) is 14.5 Å². The van der Waals surface area contributed by atoms with Gasteiger partial charge in [-0.1, -0.05) is 11.8 Å². The van der Waals surface area contributed by atoms with Crippen LogP contribution in [0.5, 0.6) is 0 Å². The second-order valence-electron chi connectivity index (χ2n) is 2.76. The summed E-state index contributed by atoms with van der Waals surface area (Å²) in [6, 6.07) is 0. The molecule has 0 aromatic rings. The monoisotopic (exact) mass is 204 g/mol. The van der Waals surface area contributed by atoms with Crippen molar-refractivity contribution in [2.75, 3.05) is 18.8 Å². The highest BCUT2D eigenvalue weighted by Crippen LogP contribution is 2.18. The molecule has 1 rings (SSSR count). The average molecular weight is 204 g/mol. The molecule has 74 valence electrons. The van der Waals surface area contributed by atoms with Crippen molar-refractivity contribution in [2.45, 2.75) is 12.5 Å². The fourth-order valence-electron chi connectivity index (χ4n) is 1.00. The number of carbonyl (C=O) groups is 2. The quantitative estimate of drug-likeness (QED) is 0.641. The molecule has 13 heavy (non-hydrogen) atoms. The first-order chi connectivity index (χ1) is 6.15. The summed E-state index contributed by atoms with van der Waals surface area (Å²) in [5.74, 6) is 0.309. The van der Waals surface area contributed by atoms with Gasteiger partial charge in [0.25, 0.3) is 5.24 Å². The molecular weight excluding hydrogens is 192 g/mol. The number of β-amino-alcohol motifs (C(OH)–C–C–N with tert-alkyl or cyclic N) is 1. The van der Waals surface area contributed by atoms with Crippen molar-refractivity contribution in [2.24, 2.45) is 5.73 Å². The van der Waals surface area contributed by atoms with Gasteiger partial charge in [-0.2, -0.15) is 0 Å². The molecule has 2 amide bonds. The van der Waals surface area contributed by atoms with E-state index in [4.69, 9.17) is 10.8 Å². The van der Waals surface area contributed by atoms with E-state index in [1.807, 2.05) is 0 Å². The molecule has 1 saturated heterocycles. The van der Waals surface area contributed by atoms with Gasteiger partial charge in [0.05, 0.1) is 12.6 Å². The van der Waals surface area contributed by atoms with E-state index in [-0.39, 0.29) is 24.2 Å². The summed E-state index contributed by atoms with van der Waals surface area (Å²) >= 11 is 1.10. The second-order valence-corrected chi connectivity index (χ2v) is 3.80. The molecule has 1 aliphatic rings. The molecule has 1 aliphatic heterocycles. The van der Waals surface area contributed by atoms with Crippen LogP contribution in [0.25, 0.3) is 0 Å². The largest absolute Gasteiger partial charge is 0.390 e. The lowest BCUT2D eigenvalue weighted by Crippen LogP contribution is -2.44. The molecular formula is C7H12N2O3S. The number of thioether (sulfide) groups is 1. The molecule has 0 aromatic heterocycles.